The number of nitrogens with zero attached hydrogens (tertiary/aromatic N) is 2. The van der Waals surface area contributed by atoms with Gasteiger partial charge in [-0.3, -0.25) is 9.59 Å². The molecule has 30 heavy (non-hydrogen) atoms. The molecule has 1 aliphatic rings. The number of amides is 2. The van der Waals surface area contributed by atoms with E-state index in [0.717, 1.165) is 12.0 Å². The van der Waals surface area contributed by atoms with Gasteiger partial charge in [-0.25, -0.2) is 13.6 Å². The highest BCUT2D eigenvalue weighted by molar-refractivity contribution is 7.89. The molecular formula is C21H25N3O5S. The molecule has 9 heteroatoms. The normalized spacial score (nSPS) is 14.5. The van der Waals surface area contributed by atoms with E-state index in [1.165, 1.54) is 25.3 Å². The van der Waals surface area contributed by atoms with Crippen LogP contribution in [0.25, 0.3) is 0 Å². The van der Waals surface area contributed by atoms with E-state index in [9.17, 15) is 18.0 Å². The minimum Gasteiger partial charge on any atom is -0.496 e. The van der Waals surface area contributed by atoms with Gasteiger partial charge in [0.1, 0.15) is 5.75 Å². The van der Waals surface area contributed by atoms with Gasteiger partial charge in [-0.1, -0.05) is 19.1 Å². The number of piperazine rings is 1. The summed E-state index contributed by atoms with van der Waals surface area (Å²) in [6, 6.07) is 11.5. The minimum absolute atomic E-state index is 0.0708. The first-order chi connectivity index (χ1) is 14.2. The van der Waals surface area contributed by atoms with Crippen LogP contribution in [0.5, 0.6) is 5.75 Å². The van der Waals surface area contributed by atoms with Crippen molar-refractivity contribution in [2.45, 2.75) is 18.2 Å². The molecule has 0 aliphatic carbocycles. The molecule has 0 saturated carbocycles. The Labute approximate surface area is 176 Å². The maximum atomic E-state index is 13.0. The van der Waals surface area contributed by atoms with Gasteiger partial charge < -0.3 is 14.5 Å². The van der Waals surface area contributed by atoms with Gasteiger partial charge in [0.15, 0.2) is 0 Å². The van der Waals surface area contributed by atoms with Crippen LogP contribution in [0.3, 0.4) is 0 Å². The second-order valence-corrected chi connectivity index (χ2v) is 8.60. The van der Waals surface area contributed by atoms with Gasteiger partial charge in [0.25, 0.3) is 11.8 Å². The molecule has 1 fully saturated rings. The lowest BCUT2D eigenvalue weighted by Gasteiger charge is -2.35. The predicted molar refractivity (Wildman–Crippen MR) is 112 cm³/mol. The highest BCUT2D eigenvalue weighted by atomic mass is 32.2. The summed E-state index contributed by atoms with van der Waals surface area (Å²) in [4.78, 5) is 28.8. The Hall–Kier alpha value is -2.91. The first-order valence-corrected chi connectivity index (χ1v) is 11.2. The number of carbonyl (C=O) groups is 2. The number of hydrogen-bond acceptors (Lipinski definition) is 5. The van der Waals surface area contributed by atoms with Crippen LogP contribution in [0.1, 0.15) is 33.2 Å². The number of methoxy groups -OCH3 is 1. The summed E-state index contributed by atoms with van der Waals surface area (Å²) in [6.45, 7) is 3.50. The first-order valence-electron chi connectivity index (χ1n) is 9.63. The molecule has 3 rings (SSSR count). The van der Waals surface area contributed by atoms with Gasteiger partial charge in [-0.2, -0.15) is 0 Å². The molecule has 0 aromatic heterocycles. The fourth-order valence-electron chi connectivity index (χ4n) is 3.38. The Balaban J connectivity index is 1.71. The zero-order valence-corrected chi connectivity index (χ0v) is 17.8. The molecule has 2 N–H and O–H groups in total. The zero-order chi connectivity index (χ0) is 21.9. The van der Waals surface area contributed by atoms with Crippen LogP contribution in [0.15, 0.2) is 47.4 Å². The lowest BCUT2D eigenvalue weighted by atomic mass is 10.1. The molecule has 0 spiro atoms. The van der Waals surface area contributed by atoms with Crippen molar-refractivity contribution in [2.75, 3.05) is 33.3 Å². The summed E-state index contributed by atoms with van der Waals surface area (Å²) < 4.78 is 28.5. The molecule has 1 heterocycles. The van der Waals surface area contributed by atoms with Crippen molar-refractivity contribution in [3.63, 3.8) is 0 Å². The van der Waals surface area contributed by atoms with Crippen LogP contribution < -0.4 is 9.88 Å². The van der Waals surface area contributed by atoms with E-state index in [4.69, 9.17) is 9.88 Å². The highest BCUT2D eigenvalue weighted by Crippen LogP contribution is 2.24. The molecule has 1 aliphatic heterocycles. The summed E-state index contributed by atoms with van der Waals surface area (Å²) in [5, 5.41) is 5.18. The third kappa shape index (κ3) is 4.63. The highest BCUT2D eigenvalue weighted by Gasteiger charge is 2.27. The van der Waals surface area contributed by atoms with Crippen LogP contribution >= 0.6 is 0 Å². The summed E-state index contributed by atoms with van der Waals surface area (Å²) in [5.74, 6) is -0.169. The molecule has 2 aromatic carbocycles. The molecule has 0 radical (unpaired) electrons. The predicted octanol–water partition coefficient (Wildman–Crippen LogP) is 1.50. The number of nitrogens with two attached hydrogens (primary N) is 1. The van der Waals surface area contributed by atoms with Crippen LogP contribution in [0, 0.1) is 0 Å². The number of sulfonamides is 1. The van der Waals surface area contributed by atoms with E-state index in [1.54, 1.807) is 9.80 Å². The molecular weight excluding hydrogens is 406 g/mol. The SMILES string of the molecule is CCc1ccc(C(=O)N2CCN(C(=O)c3cc(S(N)(=O)=O)ccc3OC)CC2)cc1. The van der Waals surface area contributed by atoms with Crippen molar-refractivity contribution in [3.05, 3.63) is 59.2 Å². The Morgan fingerprint density at radius 2 is 1.53 bits per heavy atom. The molecule has 0 atom stereocenters. The molecule has 2 aromatic rings. The third-order valence-corrected chi connectivity index (χ3v) is 6.10. The molecule has 1 saturated heterocycles. The van der Waals surface area contributed by atoms with Crippen molar-refractivity contribution in [3.8, 4) is 5.75 Å². The van der Waals surface area contributed by atoms with Crippen molar-refractivity contribution in [1.29, 1.82) is 0 Å². The van der Waals surface area contributed by atoms with Gasteiger partial charge in [0.05, 0.1) is 17.6 Å². The fourth-order valence-corrected chi connectivity index (χ4v) is 3.92. The van der Waals surface area contributed by atoms with E-state index in [-0.39, 0.29) is 28.0 Å². The molecule has 2 amide bonds. The Kier molecular flexibility index (Phi) is 6.42. The summed E-state index contributed by atoms with van der Waals surface area (Å²) >= 11 is 0. The lowest BCUT2D eigenvalue weighted by Crippen LogP contribution is -2.50. The topological polar surface area (TPSA) is 110 Å². The van der Waals surface area contributed by atoms with Gasteiger partial charge in [0, 0.05) is 31.7 Å². The molecule has 160 valence electrons. The van der Waals surface area contributed by atoms with Gasteiger partial charge in [-0.15, -0.1) is 0 Å². The van der Waals surface area contributed by atoms with E-state index in [1.807, 2.05) is 24.3 Å². The second-order valence-electron chi connectivity index (χ2n) is 7.04. The Morgan fingerprint density at radius 1 is 0.967 bits per heavy atom. The number of primary sulfonamides is 1. The maximum Gasteiger partial charge on any atom is 0.257 e. The quantitative estimate of drug-likeness (QED) is 0.772. The largest absolute Gasteiger partial charge is 0.496 e. The molecule has 0 unspecified atom stereocenters. The smallest absolute Gasteiger partial charge is 0.257 e. The van der Waals surface area contributed by atoms with Gasteiger partial charge in [0.2, 0.25) is 10.0 Å². The van der Waals surface area contributed by atoms with Crippen LogP contribution in [0.4, 0.5) is 0 Å². The number of carbonyl (C=O) groups excluding carboxylic acids is 2. The van der Waals surface area contributed by atoms with Gasteiger partial charge >= 0.3 is 0 Å². The number of benzene rings is 2. The van der Waals surface area contributed by atoms with E-state index >= 15 is 0 Å². The minimum atomic E-state index is -3.95. The average molecular weight is 432 g/mol. The van der Waals surface area contributed by atoms with Crippen LogP contribution in [-0.2, 0) is 16.4 Å². The lowest BCUT2D eigenvalue weighted by molar-refractivity contribution is 0.0533. The third-order valence-electron chi connectivity index (χ3n) is 5.19. The Bertz CT molecular complexity index is 1040. The zero-order valence-electron chi connectivity index (χ0n) is 17.0. The van der Waals surface area contributed by atoms with Crippen LogP contribution in [0.2, 0.25) is 0 Å². The summed E-state index contributed by atoms with van der Waals surface area (Å²) in [5.41, 5.74) is 1.91. The number of aryl methyl sites for hydroxylation is 1. The van der Waals surface area contributed by atoms with Crippen LogP contribution in [-0.4, -0.2) is 63.3 Å². The van der Waals surface area contributed by atoms with Crippen molar-refractivity contribution < 1.29 is 22.7 Å². The summed E-state index contributed by atoms with van der Waals surface area (Å²) in [6.07, 6.45) is 0.908. The maximum absolute atomic E-state index is 13.0. The monoisotopic (exact) mass is 431 g/mol. The second kappa shape index (κ2) is 8.85. The van der Waals surface area contributed by atoms with Crippen molar-refractivity contribution >= 4 is 21.8 Å². The van der Waals surface area contributed by atoms with Crippen molar-refractivity contribution in [2.24, 2.45) is 5.14 Å². The summed E-state index contributed by atoms with van der Waals surface area (Å²) in [7, 11) is -2.54. The van der Waals surface area contributed by atoms with Gasteiger partial charge in [-0.05, 0) is 42.3 Å². The number of rotatable bonds is 5. The van der Waals surface area contributed by atoms with E-state index < -0.39 is 10.0 Å². The van der Waals surface area contributed by atoms with E-state index in [2.05, 4.69) is 6.92 Å². The first kappa shape index (κ1) is 21.8. The molecule has 0 bridgehead atoms. The van der Waals surface area contributed by atoms with E-state index in [0.29, 0.717) is 31.7 Å². The van der Waals surface area contributed by atoms with Crippen molar-refractivity contribution in [1.82, 2.24) is 9.80 Å². The fraction of sp³-hybridized carbons (Fsp3) is 0.333. The Morgan fingerprint density at radius 3 is 2.03 bits per heavy atom. The standard InChI is InChI=1S/C21H25N3O5S/c1-3-15-4-6-16(7-5-15)20(25)23-10-12-24(13-11-23)21(26)18-14-17(30(22,27)28)8-9-19(18)29-2/h4-9,14H,3,10-13H2,1-2H3,(H2,22,27,28). The molecule has 8 nitrogen and oxygen atoms in total. The number of hydrogen-bond donors (Lipinski definition) is 1. The average Bonchev–Trinajstić information content (AvgIpc) is 2.77. The number of ether oxygens (including phenoxy) is 1.